The molecule has 0 aromatic heterocycles. The molecule has 1 aromatic carbocycles. The van der Waals surface area contributed by atoms with Gasteiger partial charge in [-0.1, -0.05) is 6.07 Å². The molecular weight excluding hydrogens is 335 g/mol. The highest BCUT2D eigenvalue weighted by Crippen LogP contribution is 2.29. The van der Waals surface area contributed by atoms with Gasteiger partial charge in [0.15, 0.2) is 0 Å². The van der Waals surface area contributed by atoms with E-state index in [1.807, 2.05) is 0 Å². The predicted octanol–water partition coefficient (Wildman–Crippen LogP) is 1.96. The summed E-state index contributed by atoms with van der Waals surface area (Å²) in [4.78, 5) is -0.281. The van der Waals surface area contributed by atoms with Gasteiger partial charge in [-0.25, -0.2) is 12.8 Å². The highest BCUT2D eigenvalue weighted by molar-refractivity contribution is 9.10. The van der Waals surface area contributed by atoms with Crippen molar-refractivity contribution in [3.05, 3.63) is 28.5 Å². The molecule has 2 rings (SSSR count). The molecule has 1 aliphatic rings. The van der Waals surface area contributed by atoms with Crippen LogP contribution >= 0.6 is 15.9 Å². The largest absolute Gasteiger partial charge is 0.317 e. The molecule has 0 amide bonds. The molecule has 4 nitrogen and oxygen atoms in total. The van der Waals surface area contributed by atoms with Gasteiger partial charge in [-0.15, -0.1) is 0 Å². The van der Waals surface area contributed by atoms with Crippen LogP contribution in [0.4, 0.5) is 4.39 Å². The molecule has 0 saturated carbocycles. The van der Waals surface area contributed by atoms with Gasteiger partial charge in [-0.05, 0) is 54.0 Å². The second-order valence-corrected chi connectivity index (χ2v) is 7.34. The number of hydrogen-bond acceptors (Lipinski definition) is 3. The monoisotopic (exact) mass is 350 g/mol. The number of sulfonamides is 1. The summed E-state index contributed by atoms with van der Waals surface area (Å²) < 4.78 is 40.4. The van der Waals surface area contributed by atoms with Crippen LogP contribution in [0.15, 0.2) is 27.6 Å². The highest BCUT2D eigenvalue weighted by Gasteiger charge is 2.32. The van der Waals surface area contributed by atoms with Crippen molar-refractivity contribution >= 4 is 26.0 Å². The van der Waals surface area contributed by atoms with Crippen LogP contribution in [-0.4, -0.2) is 38.9 Å². The molecule has 0 radical (unpaired) electrons. The summed E-state index contributed by atoms with van der Waals surface area (Å²) in [5.41, 5.74) is 0. The number of benzene rings is 1. The molecule has 1 saturated heterocycles. The second kappa shape index (κ2) is 5.87. The Morgan fingerprint density at radius 3 is 2.58 bits per heavy atom. The van der Waals surface area contributed by atoms with Crippen molar-refractivity contribution < 1.29 is 12.8 Å². The van der Waals surface area contributed by atoms with Gasteiger partial charge in [0.25, 0.3) is 0 Å². The quantitative estimate of drug-likeness (QED) is 0.906. The fourth-order valence-corrected chi connectivity index (χ4v) is 4.72. The average molecular weight is 351 g/mol. The molecule has 106 valence electrons. The van der Waals surface area contributed by atoms with E-state index in [1.165, 1.54) is 23.5 Å². The Morgan fingerprint density at radius 1 is 1.37 bits per heavy atom. The summed E-state index contributed by atoms with van der Waals surface area (Å²) >= 11 is 3.12. The Labute approximate surface area is 121 Å². The van der Waals surface area contributed by atoms with Gasteiger partial charge < -0.3 is 5.32 Å². The maximum Gasteiger partial charge on any atom is 0.247 e. The molecule has 0 spiro atoms. The Kier molecular flexibility index (Phi) is 4.60. The number of nitrogens with zero attached hydrogens (tertiary/aromatic N) is 1. The molecule has 1 fully saturated rings. The van der Waals surface area contributed by atoms with E-state index in [-0.39, 0.29) is 15.4 Å². The zero-order chi connectivity index (χ0) is 14.0. The van der Waals surface area contributed by atoms with Gasteiger partial charge in [-0.2, -0.15) is 4.31 Å². The van der Waals surface area contributed by atoms with E-state index in [9.17, 15) is 12.8 Å². The molecule has 0 aliphatic carbocycles. The van der Waals surface area contributed by atoms with Gasteiger partial charge in [0.1, 0.15) is 10.7 Å². The summed E-state index contributed by atoms with van der Waals surface area (Å²) in [5.74, 6) is -0.727. The van der Waals surface area contributed by atoms with Crippen LogP contribution in [0.5, 0.6) is 0 Å². The summed E-state index contributed by atoms with van der Waals surface area (Å²) in [6, 6.07) is 4.08. The van der Waals surface area contributed by atoms with Gasteiger partial charge in [-0.3, -0.25) is 0 Å². The SMILES string of the molecule is CN(C1CCNCC1)S(=O)(=O)c1c(F)cccc1Br. The standard InChI is InChI=1S/C12H16BrFN2O2S/c1-16(9-5-7-15-8-6-9)19(17,18)12-10(13)3-2-4-11(12)14/h2-4,9,15H,5-8H2,1H3. The normalized spacial score (nSPS) is 17.9. The maximum atomic E-state index is 13.8. The first-order valence-electron chi connectivity index (χ1n) is 6.07. The lowest BCUT2D eigenvalue weighted by Gasteiger charge is -2.31. The van der Waals surface area contributed by atoms with Crippen molar-refractivity contribution in [3.8, 4) is 0 Å². The smallest absolute Gasteiger partial charge is 0.247 e. The Morgan fingerprint density at radius 2 is 2.00 bits per heavy atom. The second-order valence-electron chi connectivity index (χ2n) is 4.55. The van der Waals surface area contributed by atoms with Crippen LogP contribution in [0.25, 0.3) is 0 Å². The lowest BCUT2D eigenvalue weighted by Crippen LogP contribution is -2.44. The lowest BCUT2D eigenvalue weighted by molar-refractivity contribution is 0.295. The third-order valence-corrected chi connectivity index (χ3v) is 6.29. The molecular formula is C12H16BrFN2O2S. The molecule has 1 heterocycles. The van der Waals surface area contributed by atoms with Crippen molar-refractivity contribution in [1.29, 1.82) is 0 Å². The first-order valence-corrected chi connectivity index (χ1v) is 8.30. The van der Waals surface area contributed by atoms with Crippen LogP contribution in [0.2, 0.25) is 0 Å². The van der Waals surface area contributed by atoms with Crippen LogP contribution < -0.4 is 5.32 Å². The molecule has 1 N–H and O–H groups in total. The topological polar surface area (TPSA) is 49.4 Å². The average Bonchev–Trinajstić information content (AvgIpc) is 2.38. The van der Waals surface area contributed by atoms with E-state index < -0.39 is 15.8 Å². The molecule has 0 atom stereocenters. The van der Waals surface area contributed by atoms with Crippen molar-refractivity contribution in [2.45, 2.75) is 23.8 Å². The minimum atomic E-state index is -3.82. The van der Waals surface area contributed by atoms with E-state index in [2.05, 4.69) is 21.2 Å². The van der Waals surface area contributed by atoms with Gasteiger partial charge >= 0.3 is 0 Å². The van der Waals surface area contributed by atoms with Gasteiger partial charge in [0, 0.05) is 17.6 Å². The van der Waals surface area contributed by atoms with Crippen LogP contribution in [-0.2, 0) is 10.0 Å². The fourth-order valence-electron chi connectivity index (χ4n) is 2.24. The van der Waals surface area contributed by atoms with Gasteiger partial charge in [0.2, 0.25) is 10.0 Å². The summed E-state index contributed by atoms with van der Waals surface area (Å²) in [6.07, 6.45) is 1.48. The summed E-state index contributed by atoms with van der Waals surface area (Å²) in [6.45, 7) is 1.56. The Hall–Kier alpha value is -0.500. The van der Waals surface area contributed by atoms with E-state index in [0.29, 0.717) is 0 Å². The zero-order valence-corrected chi connectivity index (χ0v) is 13.0. The zero-order valence-electron chi connectivity index (χ0n) is 10.6. The minimum absolute atomic E-state index is 0.0854. The number of nitrogens with one attached hydrogen (secondary N) is 1. The molecule has 7 heteroatoms. The Balaban J connectivity index is 2.36. The molecule has 0 unspecified atom stereocenters. The van der Waals surface area contributed by atoms with E-state index in [4.69, 9.17) is 0 Å². The summed E-state index contributed by atoms with van der Waals surface area (Å²) in [7, 11) is -2.30. The third-order valence-electron chi connectivity index (χ3n) is 3.38. The number of halogens is 2. The maximum absolute atomic E-state index is 13.8. The number of hydrogen-bond donors (Lipinski definition) is 1. The Bertz CT molecular complexity index is 539. The third kappa shape index (κ3) is 2.99. The molecule has 0 bridgehead atoms. The van der Waals surface area contributed by atoms with E-state index >= 15 is 0 Å². The van der Waals surface area contributed by atoms with Crippen LogP contribution in [0, 0.1) is 5.82 Å². The van der Waals surface area contributed by atoms with E-state index in [1.54, 1.807) is 0 Å². The predicted molar refractivity (Wildman–Crippen MR) is 74.9 cm³/mol. The molecule has 1 aliphatic heterocycles. The first-order chi connectivity index (χ1) is 8.94. The van der Waals surface area contributed by atoms with Crippen molar-refractivity contribution in [3.63, 3.8) is 0 Å². The number of rotatable bonds is 3. The minimum Gasteiger partial charge on any atom is -0.317 e. The molecule has 1 aromatic rings. The lowest BCUT2D eigenvalue weighted by atomic mass is 10.1. The van der Waals surface area contributed by atoms with Gasteiger partial charge in [0.05, 0.1) is 0 Å². The molecule has 19 heavy (non-hydrogen) atoms. The van der Waals surface area contributed by atoms with E-state index in [0.717, 1.165) is 32.0 Å². The highest BCUT2D eigenvalue weighted by atomic mass is 79.9. The van der Waals surface area contributed by atoms with Crippen molar-refractivity contribution in [2.75, 3.05) is 20.1 Å². The summed E-state index contributed by atoms with van der Waals surface area (Å²) in [5, 5.41) is 3.18. The van der Waals surface area contributed by atoms with Crippen molar-refractivity contribution in [2.24, 2.45) is 0 Å². The van der Waals surface area contributed by atoms with Crippen molar-refractivity contribution in [1.82, 2.24) is 9.62 Å². The van der Waals surface area contributed by atoms with Crippen LogP contribution in [0.1, 0.15) is 12.8 Å². The van der Waals surface area contributed by atoms with Crippen LogP contribution in [0.3, 0.4) is 0 Å². The number of piperidine rings is 1. The fraction of sp³-hybridized carbons (Fsp3) is 0.500. The first kappa shape index (κ1) is 14.9.